The summed E-state index contributed by atoms with van der Waals surface area (Å²) in [6.07, 6.45) is 2.24. The van der Waals surface area contributed by atoms with Crippen LogP contribution in [0.25, 0.3) is 0 Å². The second-order valence-corrected chi connectivity index (χ2v) is 7.93. The first-order valence-electron chi connectivity index (χ1n) is 7.95. The minimum Gasteiger partial charge on any atom is -0.378 e. The average Bonchev–Trinajstić information content (AvgIpc) is 2.53. The molecule has 0 aromatic heterocycles. The predicted molar refractivity (Wildman–Crippen MR) is 87.3 cm³/mol. The third kappa shape index (κ3) is 4.29. The number of benzene rings is 1. The predicted octanol–water partition coefficient (Wildman–Crippen LogP) is 1.96. The number of hydrogen-bond acceptors (Lipinski definition) is 4. The number of piperidine rings is 1. The van der Waals surface area contributed by atoms with Crippen molar-refractivity contribution in [3.05, 3.63) is 29.1 Å². The summed E-state index contributed by atoms with van der Waals surface area (Å²) in [5.41, 5.74) is 6.13. The van der Waals surface area contributed by atoms with Crippen LogP contribution < -0.4 is 5.73 Å². The van der Waals surface area contributed by atoms with Gasteiger partial charge in [0, 0.05) is 19.7 Å². The Balaban J connectivity index is 2.05. The lowest BCUT2D eigenvalue weighted by Gasteiger charge is -2.31. The highest BCUT2D eigenvalue weighted by molar-refractivity contribution is 7.89. The van der Waals surface area contributed by atoms with E-state index in [1.165, 1.54) is 16.4 Å². The van der Waals surface area contributed by atoms with Crippen LogP contribution in [0.5, 0.6) is 0 Å². The molecule has 2 N–H and O–H groups in total. The zero-order valence-electron chi connectivity index (χ0n) is 13.7. The molecule has 0 amide bonds. The van der Waals surface area contributed by atoms with Gasteiger partial charge in [0.2, 0.25) is 10.0 Å². The number of hydrogen-bond donors (Lipinski definition) is 1. The van der Waals surface area contributed by atoms with E-state index >= 15 is 0 Å². The van der Waals surface area contributed by atoms with Gasteiger partial charge in [0.1, 0.15) is 5.82 Å². The van der Waals surface area contributed by atoms with Crippen LogP contribution in [0.1, 0.15) is 30.4 Å². The average molecular weight is 344 g/mol. The van der Waals surface area contributed by atoms with Gasteiger partial charge in [-0.2, -0.15) is 4.31 Å². The van der Waals surface area contributed by atoms with E-state index in [-0.39, 0.29) is 16.8 Å². The lowest BCUT2D eigenvalue weighted by molar-refractivity contribution is 0.0209. The van der Waals surface area contributed by atoms with E-state index in [1.807, 2.05) is 0 Å². The Morgan fingerprint density at radius 3 is 2.35 bits per heavy atom. The molecule has 1 aliphatic rings. The number of nitrogens with zero attached hydrogens (tertiary/aromatic N) is 1. The van der Waals surface area contributed by atoms with Gasteiger partial charge >= 0.3 is 0 Å². The van der Waals surface area contributed by atoms with E-state index < -0.39 is 10.0 Å². The standard InChI is InChI=1S/C16H25FN2O3S/c1-12-10-15(11-13(2)16(12)17)23(20,21)19-7-4-14(5-8-19)22-9-3-6-18/h10-11,14H,3-9,18H2,1-2H3. The molecule has 0 atom stereocenters. The number of ether oxygens (including phenoxy) is 1. The third-order valence-corrected chi connectivity index (χ3v) is 6.03. The fraction of sp³-hybridized carbons (Fsp3) is 0.625. The Bertz CT molecular complexity index is 618. The van der Waals surface area contributed by atoms with Gasteiger partial charge in [-0.15, -0.1) is 0 Å². The first-order valence-corrected chi connectivity index (χ1v) is 9.39. The van der Waals surface area contributed by atoms with Gasteiger partial charge in [-0.1, -0.05) is 0 Å². The topological polar surface area (TPSA) is 72.6 Å². The Morgan fingerprint density at radius 1 is 1.26 bits per heavy atom. The summed E-state index contributed by atoms with van der Waals surface area (Å²) in [6, 6.07) is 2.81. The molecule has 1 aliphatic heterocycles. The van der Waals surface area contributed by atoms with Crippen LogP contribution in [-0.4, -0.2) is 45.1 Å². The van der Waals surface area contributed by atoms with E-state index in [1.54, 1.807) is 13.8 Å². The van der Waals surface area contributed by atoms with E-state index in [0.29, 0.717) is 50.2 Å². The molecule has 0 spiro atoms. The van der Waals surface area contributed by atoms with Crippen molar-refractivity contribution >= 4 is 10.0 Å². The van der Waals surface area contributed by atoms with Crippen LogP contribution in [0.15, 0.2) is 17.0 Å². The summed E-state index contributed by atoms with van der Waals surface area (Å²) >= 11 is 0. The van der Waals surface area contributed by atoms with Crippen LogP contribution in [0.3, 0.4) is 0 Å². The summed E-state index contributed by atoms with van der Waals surface area (Å²) in [6.45, 7) is 5.22. The second kappa shape index (κ2) is 7.70. The van der Waals surface area contributed by atoms with Crippen molar-refractivity contribution in [1.82, 2.24) is 4.31 Å². The zero-order chi connectivity index (χ0) is 17.0. The molecule has 1 saturated heterocycles. The molecule has 5 nitrogen and oxygen atoms in total. The highest BCUT2D eigenvalue weighted by Gasteiger charge is 2.30. The van der Waals surface area contributed by atoms with Crippen molar-refractivity contribution in [3.8, 4) is 0 Å². The molecule has 1 aromatic carbocycles. The molecule has 7 heteroatoms. The van der Waals surface area contributed by atoms with Gasteiger partial charge in [0.25, 0.3) is 0 Å². The summed E-state index contributed by atoms with van der Waals surface area (Å²) in [7, 11) is -3.58. The minimum atomic E-state index is -3.58. The first kappa shape index (κ1) is 18.3. The molecular formula is C16H25FN2O3S. The van der Waals surface area contributed by atoms with Crippen LogP contribution in [0, 0.1) is 19.7 Å². The van der Waals surface area contributed by atoms with E-state index in [9.17, 15) is 12.8 Å². The minimum absolute atomic E-state index is 0.0877. The van der Waals surface area contributed by atoms with Gasteiger partial charge in [-0.05, 0) is 62.9 Å². The van der Waals surface area contributed by atoms with Gasteiger partial charge in [0.05, 0.1) is 11.0 Å². The van der Waals surface area contributed by atoms with Crippen molar-refractivity contribution in [2.75, 3.05) is 26.2 Å². The number of nitrogens with two attached hydrogens (primary N) is 1. The molecular weight excluding hydrogens is 319 g/mol. The number of sulfonamides is 1. The lowest BCUT2D eigenvalue weighted by Crippen LogP contribution is -2.41. The molecule has 0 bridgehead atoms. The smallest absolute Gasteiger partial charge is 0.243 e. The quantitative estimate of drug-likeness (QED) is 0.801. The second-order valence-electron chi connectivity index (χ2n) is 5.99. The third-order valence-electron chi connectivity index (χ3n) is 4.15. The highest BCUT2D eigenvalue weighted by Crippen LogP contribution is 2.25. The van der Waals surface area contributed by atoms with Crippen molar-refractivity contribution in [2.24, 2.45) is 5.73 Å². The molecule has 0 aliphatic carbocycles. The molecule has 2 rings (SSSR count). The summed E-state index contributed by atoms with van der Waals surface area (Å²) in [5, 5.41) is 0. The Kier molecular flexibility index (Phi) is 6.13. The molecule has 130 valence electrons. The molecule has 0 saturated carbocycles. The Hall–Kier alpha value is -1.02. The molecule has 23 heavy (non-hydrogen) atoms. The van der Waals surface area contributed by atoms with Crippen LogP contribution in [0.2, 0.25) is 0 Å². The normalized spacial score (nSPS) is 17.6. The molecule has 0 unspecified atom stereocenters. The monoisotopic (exact) mass is 344 g/mol. The van der Waals surface area contributed by atoms with Crippen molar-refractivity contribution in [2.45, 2.75) is 44.1 Å². The van der Waals surface area contributed by atoms with Crippen molar-refractivity contribution in [1.29, 1.82) is 0 Å². The Labute approximate surface area is 137 Å². The maximum Gasteiger partial charge on any atom is 0.243 e. The van der Waals surface area contributed by atoms with E-state index in [0.717, 1.165) is 6.42 Å². The molecule has 0 radical (unpaired) electrons. The van der Waals surface area contributed by atoms with Gasteiger partial charge in [-0.25, -0.2) is 12.8 Å². The van der Waals surface area contributed by atoms with Gasteiger partial charge in [0.15, 0.2) is 0 Å². The van der Waals surface area contributed by atoms with Crippen molar-refractivity contribution < 1.29 is 17.5 Å². The van der Waals surface area contributed by atoms with Gasteiger partial charge < -0.3 is 10.5 Å². The number of rotatable bonds is 6. The van der Waals surface area contributed by atoms with Crippen LogP contribution in [0.4, 0.5) is 4.39 Å². The summed E-state index contributed by atoms with van der Waals surface area (Å²) in [5.74, 6) is -0.351. The maximum absolute atomic E-state index is 13.7. The van der Waals surface area contributed by atoms with E-state index in [4.69, 9.17) is 10.5 Å². The SMILES string of the molecule is Cc1cc(S(=O)(=O)N2CCC(OCCCN)CC2)cc(C)c1F. The fourth-order valence-electron chi connectivity index (χ4n) is 2.78. The summed E-state index contributed by atoms with van der Waals surface area (Å²) in [4.78, 5) is 0.163. The Morgan fingerprint density at radius 2 is 1.83 bits per heavy atom. The maximum atomic E-state index is 13.7. The highest BCUT2D eigenvalue weighted by atomic mass is 32.2. The molecule has 1 fully saturated rings. The van der Waals surface area contributed by atoms with Gasteiger partial charge in [-0.3, -0.25) is 0 Å². The summed E-state index contributed by atoms with van der Waals surface area (Å²) < 4.78 is 46.3. The number of halogens is 1. The van der Waals surface area contributed by atoms with Crippen LogP contribution in [-0.2, 0) is 14.8 Å². The molecule has 1 heterocycles. The van der Waals surface area contributed by atoms with Crippen molar-refractivity contribution in [3.63, 3.8) is 0 Å². The fourth-order valence-corrected chi connectivity index (χ4v) is 4.42. The zero-order valence-corrected chi connectivity index (χ0v) is 14.5. The lowest BCUT2D eigenvalue weighted by atomic mass is 10.1. The van der Waals surface area contributed by atoms with Crippen LogP contribution >= 0.6 is 0 Å². The first-order chi connectivity index (χ1) is 10.9. The largest absolute Gasteiger partial charge is 0.378 e. The molecule has 1 aromatic rings. The van der Waals surface area contributed by atoms with E-state index in [2.05, 4.69) is 0 Å². The number of aryl methyl sites for hydroxylation is 2.